The normalized spacial score (nSPS) is 13.1. The van der Waals surface area contributed by atoms with Crippen molar-refractivity contribution < 1.29 is 19.0 Å². The quantitative estimate of drug-likeness (QED) is 0.901. The molecule has 1 atom stereocenters. The number of carbonyl (C=O) groups is 1. The van der Waals surface area contributed by atoms with Crippen molar-refractivity contribution in [3.05, 3.63) is 35.6 Å². The van der Waals surface area contributed by atoms with E-state index < -0.39 is 17.8 Å². The highest BCUT2D eigenvalue weighted by molar-refractivity contribution is 5.68. The molecule has 0 bridgehead atoms. The molecule has 0 aromatic heterocycles. The summed E-state index contributed by atoms with van der Waals surface area (Å²) in [5, 5.41) is 10.3. The first kappa shape index (κ1) is 18.4. The minimum Gasteiger partial charge on any atom is -0.444 e. The summed E-state index contributed by atoms with van der Waals surface area (Å²) in [4.78, 5) is 13.7. The zero-order valence-electron chi connectivity index (χ0n) is 14.0. The summed E-state index contributed by atoms with van der Waals surface area (Å²) in [5.41, 5.74) is -0.0219. The van der Waals surface area contributed by atoms with Crippen LogP contribution in [-0.4, -0.2) is 34.8 Å². The number of amides is 1. The summed E-state index contributed by atoms with van der Waals surface area (Å²) >= 11 is 0. The number of ether oxygens (including phenoxy) is 1. The van der Waals surface area contributed by atoms with Gasteiger partial charge in [-0.05, 0) is 44.4 Å². The average Bonchev–Trinajstić information content (AvgIpc) is 2.36. The van der Waals surface area contributed by atoms with E-state index in [0.29, 0.717) is 12.1 Å². The van der Waals surface area contributed by atoms with Crippen molar-refractivity contribution >= 4 is 6.09 Å². The van der Waals surface area contributed by atoms with Gasteiger partial charge in [0.05, 0.1) is 12.6 Å². The van der Waals surface area contributed by atoms with Gasteiger partial charge in [0.1, 0.15) is 11.4 Å². The fourth-order valence-corrected chi connectivity index (χ4v) is 1.99. The molecule has 1 aromatic carbocycles. The van der Waals surface area contributed by atoms with Crippen LogP contribution in [0.2, 0.25) is 0 Å². The Kier molecular flexibility index (Phi) is 6.35. The van der Waals surface area contributed by atoms with Gasteiger partial charge < -0.3 is 14.7 Å². The van der Waals surface area contributed by atoms with Crippen molar-refractivity contribution in [3.8, 4) is 0 Å². The summed E-state index contributed by atoms with van der Waals surface area (Å²) in [6.45, 7) is 9.97. The second-order valence-corrected chi connectivity index (χ2v) is 6.85. The molecule has 22 heavy (non-hydrogen) atoms. The molecule has 0 heterocycles. The van der Waals surface area contributed by atoms with Gasteiger partial charge in [-0.1, -0.05) is 26.0 Å². The number of benzene rings is 1. The second kappa shape index (κ2) is 7.58. The number of hydrogen-bond acceptors (Lipinski definition) is 3. The lowest BCUT2D eigenvalue weighted by Gasteiger charge is -2.30. The fourth-order valence-electron chi connectivity index (χ4n) is 1.99. The lowest BCUT2D eigenvalue weighted by Crippen LogP contribution is -2.41. The van der Waals surface area contributed by atoms with Gasteiger partial charge in [-0.15, -0.1) is 0 Å². The smallest absolute Gasteiger partial charge is 0.410 e. The van der Waals surface area contributed by atoms with Gasteiger partial charge in [0.2, 0.25) is 0 Å². The van der Waals surface area contributed by atoms with E-state index in [1.807, 2.05) is 13.8 Å². The van der Waals surface area contributed by atoms with Crippen LogP contribution in [0.15, 0.2) is 24.3 Å². The third kappa shape index (κ3) is 6.43. The second-order valence-electron chi connectivity index (χ2n) is 6.85. The van der Waals surface area contributed by atoms with Gasteiger partial charge in [-0.25, -0.2) is 9.18 Å². The van der Waals surface area contributed by atoms with Crippen LogP contribution in [0.1, 0.15) is 46.3 Å². The van der Waals surface area contributed by atoms with Crippen molar-refractivity contribution in [2.24, 2.45) is 5.92 Å². The average molecular weight is 311 g/mol. The molecule has 0 spiro atoms. The Bertz CT molecular complexity index is 480. The van der Waals surface area contributed by atoms with Crippen LogP contribution in [-0.2, 0) is 4.74 Å². The summed E-state index contributed by atoms with van der Waals surface area (Å²) < 4.78 is 18.3. The number of carbonyl (C=O) groups excluding carboxylic acids is 1. The number of hydrogen-bond donors (Lipinski definition) is 1. The number of aliphatic hydroxyl groups is 1. The van der Waals surface area contributed by atoms with E-state index in [1.165, 1.54) is 29.2 Å². The highest BCUT2D eigenvalue weighted by Gasteiger charge is 2.25. The Morgan fingerprint density at radius 2 is 1.77 bits per heavy atom. The van der Waals surface area contributed by atoms with E-state index in [1.54, 1.807) is 20.8 Å². The Hall–Kier alpha value is -1.62. The van der Waals surface area contributed by atoms with Crippen LogP contribution in [0.5, 0.6) is 0 Å². The summed E-state index contributed by atoms with van der Waals surface area (Å²) in [6.07, 6.45) is -1.34. The van der Waals surface area contributed by atoms with E-state index in [9.17, 15) is 14.3 Å². The van der Waals surface area contributed by atoms with Crippen molar-refractivity contribution in [2.45, 2.75) is 46.3 Å². The summed E-state index contributed by atoms with van der Waals surface area (Å²) in [7, 11) is 0. The first-order chi connectivity index (χ1) is 10.1. The molecule has 1 N–H and O–H groups in total. The molecule has 0 aliphatic carbocycles. The molecule has 1 amide bonds. The largest absolute Gasteiger partial charge is 0.444 e. The van der Waals surface area contributed by atoms with E-state index in [0.717, 1.165) is 0 Å². The molecule has 5 heteroatoms. The van der Waals surface area contributed by atoms with Crippen LogP contribution in [0, 0.1) is 11.7 Å². The van der Waals surface area contributed by atoms with Gasteiger partial charge in [0.15, 0.2) is 0 Å². The molecule has 1 unspecified atom stereocenters. The molecule has 0 aliphatic rings. The maximum Gasteiger partial charge on any atom is 0.410 e. The van der Waals surface area contributed by atoms with E-state index in [-0.39, 0.29) is 18.3 Å². The summed E-state index contributed by atoms with van der Waals surface area (Å²) in [5.74, 6) is -0.116. The Labute approximate surface area is 131 Å². The lowest BCUT2D eigenvalue weighted by molar-refractivity contribution is 0.0119. The molecule has 0 saturated carbocycles. The van der Waals surface area contributed by atoms with Gasteiger partial charge in [-0.2, -0.15) is 0 Å². The molecule has 0 saturated heterocycles. The molecule has 4 nitrogen and oxygen atoms in total. The highest BCUT2D eigenvalue weighted by Crippen LogP contribution is 2.18. The minimum absolute atomic E-state index is 0.110. The van der Waals surface area contributed by atoms with Crippen LogP contribution >= 0.6 is 0 Å². The molecular formula is C17H26FNO3. The monoisotopic (exact) mass is 311 g/mol. The van der Waals surface area contributed by atoms with Gasteiger partial charge in [0.25, 0.3) is 0 Å². The molecule has 0 fully saturated rings. The third-order valence-corrected chi connectivity index (χ3v) is 2.89. The molecule has 0 radical (unpaired) electrons. The predicted octanol–water partition coefficient (Wildman–Crippen LogP) is 3.75. The maximum absolute atomic E-state index is 12.9. The maximum atomic E-state index is 12.9. The van der Waals surface area contributed by atoms with Crippen molar-refractivity contribution in [2.75, 3.05) is 13.1 Å². The van der Waals surface area contributed by atoms with Crippen LogP contribution in [0.3, 0.4) is 0 Å². The number of aliphatic hydroxyl groups excluding tert-OH is 1. The van der Waals surface area contributed by atoms with Gasteiger partial charge in [-0.3, -0.25) is 0 Å². The zero-order chi connectivity index (χ0) is 16.9. The van der Waals surface area contributed by atoms with E-state index >= 15 is 0 Å². The van der Waals surface area contributed by atoms with Crippen molar-refractivity contribution in [1.82, 2.24) is 4.90 Å². The molecular weight excluding hydrogens is 285 g/mol. The number of rotatable bonds is 5. The molecule has 1 aromatic rings. The van der Waals surface area contributed by atoms with Crippen LogP contribution < -0.4 is 0 Å². The first-order valence-electron chi connectivity index (χ1n) is 7.50. The molecule has 124 valence electrons. The Morgan fingerprint density at radius 1 is 1.23 bits per heavy atom. The Balaban J connectivity index is 2.79. The third-order valence-electron chi connectivity index (χ3n) is 2.89. The summed E-state index contributed by atoms with van der Waals surface area (Å²) in [6, 6.07) is 5.61. The van der Waals surface area contributed by atoms with Gasteiger partial charge in [0, 0.05) is 6.54 Å². The lowest BCUT2D eigenvalue weighted by atomic mass is 10.1. The number of nitrogens with zero attached hydrogens (tertiary/aromatic N) is 1. The molecule has 0 aliphatic heterocycles. The van der Waals surface area contributed by atoms with Gasteiger partial charge >= 0.3 is 6.09 Å². The minimum atomic E-state index is -0.883. The first-order valence-corrected chi connectivity index (χ1v) is 7.50. The van der Waals surface area contributed by atoms with Crippen LogP contribution in [0.25, 0.3) is 0 Å². The molecule has 1 rings (SSSR count). The number of halogens is 1. The Morgan fingerprint density at radius 3 is 2.23 bits per heavy atom. The zero-order valence-corrected chi connectivity index (χ0v) is 14.0. The van der Waals surface area contributed by atoms with E-state index in [2.05, 4.69) is 0 Å². The topological polar surface area (TPSA) is 49.8 Å². The van der Waals surface area contributed by atoms with E-state index in [4.69, 9.17) is 4.74 Å². The van der Waals surface area contributed by atoms with Crippen molar-refractivity contribution in [3.63, 3.8) is 0 Å². The SMILES string of the molecule is CC(C)CN(CC(O)c1ccc(F)cc1)C(=O)OC(C)(C)C. The predicted molar refractivity (Wildman–Crippen MR) is 84.0 cm³/mol. The standard InChI is InChI=1S/C17H26FNO3/c1-12(2)10-19(16(21)22-17(3,4)5)11-15(20)13-6-8-14(18)9-7-13/h6-9,12,15,20H,10-11H2,1-5H3. The van der Waals surface area contributed by atoms with Crippen molar-refractivity contribution in [1.29, 1.82) is 0 Å². The highest BCUT2D eigenvalue weighted by atomic mass is 19.1. The fraction of sp³-hybridized carbons (Fsp3) is 0.588. The van der Waals surface area contributed by atoms with Crippen LogP contribution in [0.4, 0.5) is 9.18 Å².